The summed E-state index contributed by atoms with van der Waals surface area (Å²) in [6.07, 6.45) is 0. The van der Waals surface area contributed by atoms with Gasteiger partial charge in [-0.1, -0.05) is 42.5 Å². The summed E-state index contributed by atoms with van der Waals surface area (Å²) in [4.78, 5) is 50.9. The highest BCUT2D eigenvalue weighted by molar-refractivity contribution is 6.11. The lowest BCUT2D eigenvalue weighted by Gasteiger charge is -2.24. The number of imide groups is 1. The number of carbonyl (C=O) groups excluding carboxylic acids is 4. The van der Waals surface area contributed by atoms with Gasteiger partial charge in [-0.2, -0.15) is 0 Å². The first-order chi connectivity index (χ1) is 15.3. The zero-order chi connectivity index (χ0) is 22.9. The largest absolute Gasteiger partial charge is 0.355 e. The van der Waals surface area contributed by atoms with Gasteiger partial charge in [0.05, 0.1) is 0 Å². The molecule has 0 radical (unpaired) electrons. The van der Waals surface area contributed by atoms with Crippen molar-refractivity contribution >= 4 is 40.2 Å². The van der Waals surface area contributed by atoms with Gasteiger partial charge < -0.3 is 16.0 Å². The molecule has 3 N–H and O–H groups in total. The second-order valence-corrected chi connectivity index (χ2v) is 7.68. The van der Waals surface area contributed by atoms with E-state index in [4.69, 9.17) is 0 Å². The molecule has 1 aliphatic heterocycles. The van der Waals surface area contributed by atoms with Crippen LogP contribution in [0.3, 0.4) is 0 Å². The van der Waals surface area contributed by atoms with Gasteiger partial charge >= 0.3 is 6.03 Å². The van der Waals surface area contributed by atoms with Crippen LogP contribution >= 0.6 is 0 Å². The molecule has 32 heavy (non-hydrogen) atoms. The SMILES string of the molecule is CNC(=O)c1ccc(NC(=O)CN2C(=O)NC(C)(c3cccc4ccccc34)C2=O)cc1. The van der Waals surface area contributed by atoms with Crippen LogP contribution in [0.2, 0.25) is 0 Å². The zero-order valence-electron chi connectivity index (χ0n) is 17.6. The van der Waals surface area contributed by atoms with Gasteiger partial charge in [0.15, 0.2) is 0 Å². The molecule has 1 aliphatic rings. The fourth-order valence-electron chi connectivity index (χ4n) is 3.88. The lowest BCUT2D eigenvalue weighted by atomic mass is 9.88. The first-order valence-corrected chi connectivity index (χ1v) is 10.1. The Balaban J connectivity index is 1.51. The minimum Gasteiger partial charge on any atom is -0.355 e. The second kappa shape index (κ2) is 8.14. The molecule has 0 bridgehead atoms. The van der Waals surface area contributed by atoms with Crippen molar-refractivity contribution in [3.8, 4) is 0 Å². The van der Waals surface area contributed by atoms with Gasteiger partial charge in [-0.3, -0.25) is 19.3 Å². The van der Waals surface area contributed by atoms with E-state index in [-0.39, 0.29) is 5.91 Å². The lowest BCUT2D eigenvalue weighted by molar-refractivity contribution is -0.133. The van der Waals surface area contributed by atoms with Crippen molar-refractivity contribution in [2.24, 2.45) is 0 Å². The summed E-state index contributed by atoms with van der Waals surface area (Å²) in [7, 11) is 1.53. The Labute approximate surface area is 184 Å². The van der Waals surface area contributed by atoms with E-state index in [0.717, 1.165) is 15.7 Å². The van der Waals surface area contributed by atoms with E-state index < -0.39 is 29.9 Å². The Morgan fingerprint density at radius 1 is 0.969 bits per heavy atom. The smallest absolute Gasteiger partial charge is 0.325 e. The molecule has 1 fully saturated rings. The van der Waals surface area contributed by atoms with E-state index in [1.54, 1.807) is 37.3 Å². The molecule has 1 saturated heterocycles. The Bertz CT molecular complexity index is 1230. The molecular weight excluding hydrogens is 408 g/mol. The summed E-state index contributed by atoms with van der Waals surface area (Å²) in [5.74, 6) is -1.26. The number of carbonyl (C=O) groups is 4. The number of anilines is 1. The molecule has 0 spiro atoms. The lowest BCUT2D eigenvalue weighted by Crippen LogP contribution is -2.42. The minimum atomic E-state index is -1.28. The van der Waals surface area contributed by atoms with Crippen LogP contribution in [0.4, 0.5) is 10.5 Å². The fourth-order valence-corrected chi connectivity index (χ4v) is 3.88. The van der Waals surface area contributed by atoms with Crippen molar-refractivity contribution in [1.29, 1.82) is 0 Å². The van der Waals surface area contributed by atoms with Gasteiger partial charge in [-0.05, 0) is 47.5 Å². The summed E-state index contributed by atoms with van der Waals surface area (Å²) in [5, 5.41) is 9.71. The van der Waals surface area contributed by atoms with Crippen LogP contribution in [0, 0.1) is 0 Å². The molecule has 1 heterocycles. The molecule has 5 amide bonds. The number of urea groups is 1. The normalized spacial score (nSPS) is 17.9. The van der Waals surface area contributed by atoms with Crippen molar-refractivity contribution in [1.82, 2.24) is 15.5 Å². The molecule has 0 saturated carbocycles. The Morgan fingerprint density at radius 2 is 1.66 bits per heavy atom. The number of benzene rings is 3. The van der Waals surface area contributed by atoms with Crippen LogP contribution in [-0.4, -0.2) is 42.2 Å². The quantitative estimate of drug-likeness (QED) is 0.541. The maximum atomic E-state index is 13.2. The Morgan fingerprint density at radius 3 is 2.38 bits per heavy atom. The number of hydrogen-bond donors (Lipinski definition) is 3. The van der Waals surface area contributed by atoms with Crippen molar-refractivity contribution < 1.29 is 19.2 Å². The topological polar surface area (TPSA) is 108 Å². The summed E-state index contributed by atoms with van der Waals surface area (Å²) in [5.41, 5.74) is 0.284. The average molecular weight is 430 g/mol. The third-order valence-electron chi connectivity index (χ3n) is 5.56. The van der Waals surface area contributed by atoms with Crippen molar-refractivity contribution in [3.05, 3.63) is 77.9 Å². The third kappa shape index (κ3) is 3.66. The monoisotopic (exact) mass is 430 g/mol. The molecule has 0 aliphatic carbocycles. The van der Waals surface area contributed by atoms with Crippen molar-refractivity contribution in [2.75, 3.05) is 18.9 Å². The fraction of sp³-hybridized carbons (Fsp3) is 0.167. The molecular formula is C24H22N4O4. The zero-order valence-corrected chi connectivity index (χ0v) is 17.6. The van der Waals surface area contributed by atoms with E-state index in [9.17, 15) is 19.2 Å². The summed E-state index contributed by atoms with van der Waals surface area (Å²) in [6, 6.07) is 18.8. The molecule has 162 valence electrons. The van der Waals surface area contributed by atoms with Gasteiger partial charge in [0.2, 0.25) is 5.91 Å². The molecule has 1 atom stereocenters. The number of nitrogens with zero attached hydrogens (tertiary/aromatic N) is 1. The van der Waals surface area contributed by atoms with Gasteiger partial charge in [-0.25, -0.2) is 4.79 Å². The van der Waals surface area contributed by atoms with Crippen LogP contribution in [0.1, 0.15) is 22.8 Å². The number of amides is 5. The Kier molecular flexibility index (Phi) is 5.36. The maximum absolute atomic E-state index is 13.2. The van der Waals surface area contributed by atoms with Crippen LogP contribution in [0.25, 0.3) is 10.8 Å². The molecule has 0 aromatic heterocycles. The summed E-state index contributed by atoms with van der Waals surface area (Å²) in [6.45, 7) is 1.21. The molecule has 1 unspecified atom stereocenters. The number of hydrogen-bond acceptors (Lipinski definition) is 4. The number of fused-ring (bicyclic) bond motifs is 1. The van der Waals surface area contributed by atoms with Crippen LogP contribution in [0.5, 0.6) is 0 Å². The van der Waals surface area contributed by atoms with Crippen LogP contribution in [-0.2, 0) is 15.1 Å². The minimum absolute atomic E-state index is 0.241. The second-order valence-electron chi connectivity index (χ2n) is 7.68. The van der Waals surface area contributed by atoms with Gasteiger partial charge in [0.25, 0.3) is 11.8 Å². The highest BCUT2D eigenvalue weighted by Gasteiger charge is 2.50. The van der Waals surface area contributed by atoms with Crippen LogP contribution in [0.15, 0.2) is 66.7 Å². The van der Waals surface area contributed by atoms with Crippen LogP contribution < -0.4 is 16.0 Å². The van der Waals surface area contributed by atoms with E-state index in [0.29, 0.717) is 16.8 Å². The first-order valence-electron chi connectivity index (χ1n) is 10.1. The molecule has 8 heteroatoms. The molecule has 4 rings (SSSR count). The predicted octanol–water partition coefficient (Wildman–Crippen LogP) is 2.61. The Hall–Kier alpha value is -4.20. The maximum Gasteiger partial charge on any atom is 0.325 e. The highest BCUT2D eigenvalue weighted by Crippen LogP contribution is 2.33. The van der Waals surface area contributed by atoms with Gasteiger partial charge in [-0.15, -0.1) is 0 Å². The van der Waals surface area contributed by atoms with E-state index in [1.165, 1.54) is 7.05 Å². The van der Waals surface area contributed by atoms with E-state index in [1.807, 2.05) is 36.4 Å². The van der Waals surface area contributed by atoms with Gasteiger partial charge in [0, 0.05) is 18.3 Å². The van der Waals surface area contributed by atoms with Crippen molar-refractivity contribution in [2.45, 2.75) is 12.5 Å². The first kappa shape index (κ1) is 21.0. The highest BCUT2D eigenvalue weighted by atomic mass is 16.2. The molecule has 3 aromatic carbocycles. The predicted molar refractivity (Wildman–Crippen MR) is 120 cm³/mol. The summed E-state index contributed by atoms with van der Waals surface area (Å²) >= 11 is 0. The van der Waals surface area contributed by atoms with Gasteiger partial charge in [0.1, 0.15) is 12.1 Å². The standard InChI is InChI=1S/C24H22N4O4/c1-24(19-9-5-7-15-6-3-4-8-18(15)19)22(31)28(23(32)27-24)14-20(29)26-17-12-10-16(11-13-17)21(30)25-2/h3-13H,14H2,1-2H3,(H,25,30)(H,26,29)(H,27,32). The molecule has 3 aromatic rings. The third-order valence-corrected chi connectivity index (χ3v) is 5.56. The van der Waals surface area contributed by atoms with E-state index >= 15 is 0 Å². The molecule has 8 nitrogen and oxygen atoms in total. The average Bonchev–Trinajstić information content (AvgIpc) is 3.02. The number of rotatable bonds is 5. The van der Waals surface area contributed by atoms with E-state index in [2.05, 4.69) is 16.0 Å². The number of nitrogens with one attached hydrogen (secondary N) is 3. The van der Waals surface area contributed by atoms with Crippen molar-refractivity contribution in [3.63, 3.8) is 0 Å². The summed E-state index contributed by atoms with van der Waals surface area (Å²) < 4.78 is 0.